The Kier molecular flexibility index (Phi) is 6.82. The quantitative estimate of drug-likeness (QED) is 0.438. The lowest BCUT2D eigenvalue weighted by Crippen LogP contribution is -2.05. The Morgan fingerprint density at radius 1 is 0.889 bits per heavy atom. The van der Waals surface area contributed by atoms with Gasteiger partial charge in [-0.2, -0.15) is 0 Å². The van der Waals surface area contributed by atoms with Gasteiger partial charge in [0.25, 0.3) is 0 Å². The molecule has 0 amide bonds. The highest BCUT2D eigenvalue weighted by Gasteiger charge is 2.10. The molecule has 0 aliphatic rings. The van der Waals surface area contributed by atoms with Gasteiger partial charge in [-0.3, -0.25) is 0 Å². The van der Waals surface area contributed by atoms with Gasteiger partial charge in [0.05, 0.1) is 14.2 Å². The standard InChI is InChI=1S/C20H16F2O5/c1-25-18-12-13(7-10-19(23)26-2)6-9-17(18)27-20(24)11-8-14-15(21)4-3-5-16(14)22/h3-12H,1-2H3. The lowest BCUT2D eigenvalue weighted by Gasteiger charge is -2.08. The monoisotopic (exact) mass is 374 g/mol. The van der Waals surface area contributed by atoms with Gasteiger partial charge < -0.3 is 14.2 Å². The average Bonchev–Trinajstić information content (AvgIpc) is 2.66. The van der Waals surface area contributed by atoms with Gasteiger partial charge in [0.1, 0.15) is 11.6 Å². The van der Waals surface area contributed by atoms with E-state index < -0.39 is 23.6 Å². The van der Waals surface area contributed by atoms with Crippen LogP contribution in [0.25, 0.3) is 12.2 Å². The van der Waals surface area contributed by atoms with E-state index in [2.05, 4.69) is 4.74 Å². The zero-order chi connectivity index (χ0) is 19.8. The molecule has 0 aliphatic carbocycles. The predicted molar refractivity (Wildman–Crippen MR) is 95.1 cm³/mol. The number of halogens is 2. The summed E-state index contributed by atoms with van der Waals surface area (Å²) in [5, 5.41) is 0. The molecule has 0 unspecified atom stereocenters. The van der Waals surface area contributed by atoms with Crippen LogP contribution in [0.1, 0.15) is 11.1 Å². The number of carbonyl (C=O) groups is 2. The van der Waals surface area contributed by atoms with E-state index in [0.717, 1.165) is 24.3 Å². The molecule has 0 saturated heterocycles. The maximum Gasteiger partial charge on any atom is 0.336 e. The Labute approximate surface area is 154 Å². The van der Waals surface area contributed by atoms with E-state index in [-0.39, 0.29) is 17.1 Å². The first-order valence-electron chi connectivity index (χ1n) is 7.72. The number of ether oxygens (including phenoxy) is 3. The molecule has 0 N–H and O–H groups in total. The third-order valence-electron chi connectivity index (χ3n) is 3.40. The molecule has 5 nitrogen and oxygen atoms in total. The lowest BCUT2D eigenvalue weighted by atomic mass is 10.2. The van der Waals surface area contributed by atoms with E-state index in [1.54, 1.807) is 12.1 Å². The fourth-order valence-corrected chi connectivity index (χ4v) is 2.07. The molecule has 2 aromatic carbocycles. The predicted octanol–water partition coefficient (Wildman–Crippen LogP) is 3.78. The number of esters is 2. The van der Waals surface area contributed by atoms with Crippen LogP contribution < -0.4 is 9.47 Å². The van der Waals surface area contributed by atoms with E-state index in [4.69, 9.17) is 9.47 Å². The van der Waals surface area contributed by atoms with Gasteiger partial charge in [0.2, 0.25) is 0 Å². The van der Waals surface area contributed by atoms with Gasteiger partial charge >= 0.3 is 11.9 Å². The highest BCUT2D eigenvalue weighted by molar-refractivity contribution is 5.89. The molecule has 140 valence electrons. The fraction of sp³-hybridized carbons (Fsp3) is 0.100. The Morgan fingerprint density at radius 2 is 1.56 bits per heavy atom. The normalized spacial score (nSPS) is 11.0. The van der Waals surface area contributed by atoms with Crippen molar-refractivity contribution in [3.05, 3.63) is 71.3 Å². The van der Waals surface area contributed by atoms with Crippen molar-refractivity contribution in [2.24, 2.45) is 0 Å². The molecule has 0 aliphatic heterocycles. The maximum atomic E-state index is 13.5. The second-order valence-electron chi connectivity index (χ2n) is 5.16. The van der Waals surface area contributed by atoms with Gasteiger partial charge in [0.15, 0.2) is 11.5 Å². The summed E-state index contributed by atoms with van der Waals surface area (Å²) in [7, 11) is 2.64. The second kappa shape index (κ2) is 9.28. The van der Waals surface area contributed by atoms with Crippen molar-refractivity contribution in [3.63, 3.8) is 0 Å². The van der Waals surface area contributed by atoms with Crippen molar-refractivity contribution in [1.29, 1.82) is 0 Å². The average molecular weight is 374 g/mol. The molecule has 0 aromatic heterocycles. The van der Waals surface area contributed by atoms with Gasteiger partial charge in [-0.15, -0.1) is 0 Å². The van der Waals surface area contributed by atoms with Crippen LogP contribution in [0.4, 0.5) is 8.78 Å². The van der Waals surface area contributed by atoms with Crippen LogP contribution in [0, 0.1) is 11.6 Å². The molecular weight excluding hydrogens is 358 g/mol. The Bertz CT molecular complexity index is 883. The SMILES string of the molecule is COC(=O)C=Cc1ccc(OC(=O)C=Cc2c(F)cccc2F)c(OC)c1. The van der Waals surface area contributed by atoms with Gasteiger partial charge in [0, 0.05) is 17.7 Å². The number of carbonyl (C=O) groups excluding carboxylic acids is 2. The zero-order valence-electron chi connectivity index (χ0n) is 14.6. The first-order valence-corrected chi connectivity index (χ1v) is 7.72. The fourth-order valence-electron chi connectivity index (χ4n) is 2.07. The summed E-state index contributed by atoms with van der Waals surface area (Å²) < 4.78 is 41.9. The van der Waals surface area contributed by atoms with Crippen LogP contribution in [-0.4, -0.2) is 26.2 Å². The summed E-state index contributed by atoms with van der Waals surface area (Å²) in [6.45, 7) is 0. The van der Waals surface area contributed by atoms with Crippen LogP contribution in [0.5, 0.6) is 11.5 Å². The summed E-state index contributed by atoms with van der Waals surface area (Å²) in [6, 6.07) is 7.98. The van der Waals surface area contributed by atoms with E-state index in [0.29, 0.717) is 5.56 Å². The third kappa shape index (κ3) is 5.50. The van der Waals surface area contributed by atoms with E-state index in [1.807, 2.05) is 0 Å². The molecule has 0 spiro atoms. The summed E-state index contributed by atoms with van der Waals surface area (Å²) in [5.74, 6) is -2.60. The van der Waals surface area contributed by atoms with Crippen LogP contribution in [0.15, 0.2) is 48.6 Å². The van der Waals surface area contributed by atoms with Crippen LogP contribution in [0.3, 0.4) is 0 Å². The minimum Gasteiger partial charge on any atom is -0.493 e. The summed E-state index contributed by atoms with van der Waals surface area (Å²) in [6.07, 6.45) is 4.63. The van der Waals surface area contributed by atoms with Crippen molar-refractivity contribution in [3.8, 4) is 11.5 Å². The number of methoxy groups -OCH3 is 2. The Hall–Kier alpha value is -3.48. The molecule has 0 bridgehead atoms. The topological polar surface area (TPSA) is 61.8 Å². The molecule has 2 rings (SSSR count). The molecule has 0 atom stereocenters. The van der Waals surface area contributed by atoms with Gasteiger partial charge in [-0.25, -0.2) is 18.4 Å². The van der Waals surface area contributed by atoms with Gasteiger partial charge in [-0.1, -0.05) is 12.1 Å². The van der Waals surface area contributed by atoms with Crippen LogP contribution >= 0.6 is 0 Å². The second-order valence-corrected chi connectivity index (χ2v) is 5.16. The molecule has 7 heteroatoms. The van der Waals surface area contributed by atoms with E-state index in [9.17, 15) is 18.4 Å². The van der Waals surface area contributed by atoms with E-state index in [1.165, 1.54) is 38.5 Å². The molecule has 0 heterocycles. The first-order chi connectivity index (χ1) is 12.9. The van der Waals surface area contributed by atoms with Crippen molar-refractivity contribution >= 4 is 24.1 Å². The minimum absolute atomic E-state index is 0.108. The van der Waals surface area contributed by atoms with Crippen molar-refractivity contribution in [1.82, 2.24) is 0 Å². The number of hydrogen-bond donors (Lipinski definition) is 0. The zero-order valence-corrected chi connectivity index (χ0v) is 14.6. The summed E-state index contributed by atoms with van der Waals surface area (Å²) >= 11 is 0. The van der Waals surface area contributed by atoms with Crippen molar-refractivity contribution in [2.75, 3.05) is 14.2 Å². The van der Waals surface area contributed by atoms with Crippen molar-refractivity contribution < 1.29 is 32.6 Å². The molecular formula is C20H16F2O5. The highest BCUT2D eigenvalue weighted by atomic mass is 19.1. The van der Waals surface area contributed by atoms with Crippen LogP contribution in [0.2, 0.25) is 0 Å². The number of hydrogen-bond acceptors (Lipinski definition) is 5. The smallest absolute Gasteiger partial charge is 0.336 e. The minimum atomic E-state index is -0.839. The molecule has 27 heavy (non-hydrogen) atoms. The largest absolute Gasteiger partial charge is 0.493 e. The highest BCUT2D eigenvalue weighted by Crippen LogP contribution is 2.29. The summed E-state index contributed by atoms with van der Waals surface area (Å²) in [4.78, 5) is 23.0. The maximum absolute atomic E-state index is 13.5. The lowest BCUT2D eigenvalue weighted by molar-refractivity contribution is -0.134. The van der Waals surface area contributed by atoms with E-state index >= 15 is 0 Å². The molecule has 2 aromatic rings. The Balaban J connectivity index is 2.14. The number of benzene rings is 2. The van der Waals surface area contributed by atoms with Crippen molar-refractivity contribution in [2.45, 2.75) is 0 Å². The van der Waals surface area contributed by atoms with Crippen LogP contribution in [-0.2, 0) is 14.3 Å². The summed E-state index contributed by atoms with van der Waals surface area (Å²) in [5.41, 5.74) is 0.269. The number of rotatable bonds is 6. The van der Waals surface area contributed by atoms with Gasteiger partial charge in [-0.05, 0) is 42.0 Å². The molecule has 0 fully saturated rings. The first kappa shape index (κ1) is 19.8. The third-order valence-corrected chi connectivity index (χ3v) is 3.40. The molecule has 0 saturated carbocycles. The molecule has 0 radical (unpaired) electrons. The Morgan fingerprint density at radius 3 is 2.19 bits per heavy atom.